The lowest BCUT2D eigenvalue weighted by atomic mass is 10.2. The summed E-state index contributed by atoms with van der Waals surface area (Å²) >= 11 is 0. The Balaban J connectivity index is 1.66. The van der Waals surface area contributed by atoms with Gasteiger partial charge in [0.15, 0.2) is 0 Å². The molecule has 140 valence electrons. The van der Waals surface area contributed by atoms with Gasteiger partial charge in [-0.1, -0.05) is 12.1 Å². The summed E-state index contributed by atoms with van der Waals surface area (Å²) in [5, 5.41) is 2.95. The molecule has 0 radical (unpaired) electrons. The number of carbonyl (C=O) groups is 1. The minimum Gasteiger partial charge on any atom is -0.497 e. The van der Waals surface area contributed by atoms with Crippen LogP contribution in [0.1, 0.15) is 26.3 Å². The molecular weight excluding hydrogens is 320 g/mol. The lowest BCUT2D eigenvalue weighted by Crippen LogP contribution is -2.52. The standard InChI is InChI=1S/C19H30N2O4/c1-14(21-10-15(2)25-16(3)11-21)9-20-19(22)13-24-12-17-6-5-7-18(8-17)23-4/h5-8,14-16H,9-13H2,1-4H3,(H,20,22)/t14-,15-,16+/m0/s1. The molecule has 2 rings (SSSR count). The van der Waals surface area contributed by atoms with Gasteiger partial charge in [0, 0.05) is 25.7 Å². The quantitative estimate of drug-likeness (QED) is 0.775. The highest BCUT2D eigenvalue weighted by Crippen LogP contribution is 2.14. The van der Waals surface area contributed by atoms with Crippen LogP contribution in [0.3, 0.4) is 0 Å². The van der Waals surface area contributed by atoms with Crippen LogP contribution in [-0.2, 0) is 20.9 Å². The third-order valence-corrected chi connectivity index (χ3v) is 4.30. The van der Waals surface area contributed by atoms with Gasteiger partial charge in [0.05, 0.1) is 25.9 Å². The van der Waals surface area contributed by atoms with Crippen molar-refractivity contribution in [3.8, 4) is 5.75 Å². The Labute approximate surface area is 150 Å². The van der Waals surface area contributed by atoms with Gasteiger partial charge < -0.3 is 19.5 Å². The van der Waals surface area contributed by atoms with Crippen molar-refractivity contribution in [2.45, 2.75) is 45.6 Å². The number of ether oxygens (including phenoxy) is 3. The van der Waals surface area contributed by atoms with Crippen molar-refractivity contribution in [2.75, 3.05) is 33.4 Å². The summed E-state index contributed by atoms with van der Waals surface area (Å²) in [5.74, 6) is 0.692. The molecule has 0 saturated carbocycles. The van der Waals surface area contributed by atoms with E-state index in [0.717, 1.165) is 24.4 Å². The average Bonchev–Trinajstić information content (AvgIpc) is 2.59. The molecular formula is C19H30N2O4. The number of morpholine rings is 1. The molecule has 0 aliphatic carbocycles. The maximum atomic E-state index is 12.0. The number of hydrogen-bond acceptors (Lipinski definition) is 5. The second-order valence-corrected chi connectivity index (χ2v) is 6.71. The molecule has 0 aromatic heterocycles. The van der Waals surface area contributed by atoms with Crippen molar-refractivity contribution in [1.29, 1.82) is 0 Å². The zero-order chi connectivity index (χ0) is 18.2. The van der Waals surface area contributed by atoms with Crippen molar-refractivity contribution in [2.24, 2.45) is 0 Å². The van der Waals surface area contributed by atoms with E-state index in [1.165, 1.54) is 0 Å². The number of hydrogen-bond donors (Lipinski definition) is 1. The molecule has 0 spiro atoms. The molecule has 1 amide bonds. The van der Waals surface area contributed by atoms with E-state index < -0.39 is 0 Å². The highest BCUT2D eigenvalue weighted by molar-refractivity contribution is 5.77. The second-order valence-electron chi connectivity index (χ2n) is 6.71. The van der Waals surface area contributed by atoms with Gasteiger partial charge in [0.25, 0.3) is 0 Å². The first-order chi connectivity index (χ1) is 12.0. The summed E-state index contributed by atoms with van der Waals surface area (Å²) in [5.41, 5.74) is 0.983. The predicted molar refractivity (Wildman–Crippen MR) is 96.7 cm³/mol. The Morgan fingerprint density at radius 1 is 1.36 bits per heavy atom. The molecule has 1 N–H and O–H groups in total. The Bertz CT molecular complexity index is 542. The minimum absolute atomic E-state index is 0.0554. The van der Waals surface area contributed by atoms with Crippen LogP contribution in [0.15, 0.2) is 24.3 Å². The summed E-state index contributed by atoms with van der Waals surface area (Å²) in [7, 11) is 1.63. The largest absolute Gasteiger partial charge is 0.497 e. The highest BCUT2D eigenvalue weighted by Gasteiger charge is 2.25. The van der Waals surface area contributed by atoms with Gasteiger partial charge in [0.2, 0.25) is 5.91 Å². The van der Waals surface area contributed by atoms with Crippen LogP contribution in [-0.4, -0.2) is 62.4 Å². The summed E-state index contributed by atoms with van der Waals surface area (Å²) < 4.78 is 16.4. The predicted octanol–water partition coefficient (Wildman–Crippen LogP) is 1.83. The van der Waals surface area contributed by atoms with Gasteiger partial charge in [-0.2, -0.15) is 0 Å². The lowest BCUT2D eigenvalue weighted by molar-refractivity contribution is -0.126. The van der Waals surface area contributed by atoms with Crippen LogP contribution in [0, 0.1) is 0 Å². The van der Waals surface area contributed by atoms with Crippen molar-refractivity contribution >= 4 is 5.91 Å². The van der Waals surface area contributed by atoms with Crippen LogP contribution in [0.25, 0.3) is 0 Å². The third kappa shape index (κ3) is 6.65. The van der Waals surface area contributed by atoms with Crippen molar-refractivity contribution < 1.29 is 19.0 Å². The third-order valence-electron chi connectivity index (χ3n) is 4.30. The first-order valence-electron chi connectivity index (χ1n) is 8.84. The normalized spacial score (nSPS) is 22.4. The van der Waals surface area contributed by atoms with Gasteiger partial charge >= 0.3 is 0 Å². The van der Waals surface area contributed by atoms with Crippen molar-refractivity contribution in [1.82, 2.24) is 10.2 Å². The number of rotatable bonds is 8. The minimum atomic E-state index is -0.0934. The fraction of sp³-hybridized carbons (Fsp3) is 0.632. The van der Waals surface area contributed by atoms with Gasteiger partial charge in [-0.05, 0) is 38.5 Å². The molecule has 1 saturated heterocycles. The zero-order valence-electron chi connectivity index (χ0n) is 15.7. The first-order valence-corrected chi connectivity index (χ1v) is 8.84. The van der Waals surface area contributed by atoms with E-state index in [-0.39, 0.29) is 30.8 Å². The number of nitrogens with one attached hydrogen (secondary N) is 1. The molecule has 1 aromatic rings. The number of methoxy groups -OCH3 is 1. The summed E-state index contributed by atoms with van der Waals surface area (Å²) in [6.45, 7) is 9.14. The molecule has 0 unspecified atom stereocenters. The molecule has 1 aliphatic rings. The Morgan fingerprint density at radius 2 is 2.08 bits per heavy atom. The topological polar surface area (TPSA) is 60.0 Å². The van der Waals surface area contributed by atoms with Gasteiger partial charge in [-0.15, -0.1) is 0 Å². The van der Waals surface area contributed by atoms with E-state index in [2.05, 4.69) is 31.0 Å². The van der Waals surface area contributed by atoms with Gasteiger partial charge in [0.1, 0.15) is 12.4 Å². The highest BCUT2D eigenvalue weighted by atomic mass is 16.5. The molecule has 0 bridgehead atoms. The molecule has 1 aliphatic heterocycles. The van der Waals surface area contributed by atoms with Gasteiger partial charge in [-0.3, -0.25) is 9.69 Å². The van der Waals surface area contributed by atoms with E-state index in [1.54, 1.807) is 7.11 Å². The van der Waals surface area contributed by atoms with E-state index in [9.17, 15) is 4.79 Å². The fourth-order valence-corrected chi connectivity index (χ4v) is 3.04. The fourth-order valence-electron chi connectivity index (χ4n) is 3.04. The molecule has 1 heterocycles. The monoisotopic (exact) mass is 350 g/mol. The Morgan fingerprint density at radius 3 is 2.76 bits per heavy atom. The summed E-state index contributed by atoms with van der Waals surface area (Å²) in [6.07, 6.45) is 0.459. The van der Waals surface area contributed by atoms with Crippen LogP contribution >= 0.6 is 0 Å². The maximum Gasteiger partial charge on any atom is 0.246 e. The molecule has 1 aromatic carbocycles. The van der Waals surface area contributed by atoms with E-state index >= 15 is 0 Å². The average molecular weight is 350 g/mol. The van der Waals surface area contributed by atoms with Crippen molar-refractivity contribution in [3.05, 3.63) is 29.8 Å². The first kappa shape index (κ1) is 19.7. The van der Waals surface area contributed by atoms with E-state index in [0.29, 0.717) is 13.2 Å². The van der Waals surface area contributed by atoms with Crippen LogP contribution < -0.4 is 10.1 Å². The maximum absolute atomic E-state index is 12.0. The number of carbonyl (C=O) groups excluding carboxylic acids is 1. The van der Waals surface area contributed by atoms with Gasteiger partial charge in [-0.25, -0.2) is 0 Å². The van der Waals surface area contributed by atoms with Crippen LogP contribution in [0.2, 0.25) is 0 Å². The van der Waals surface area contributed by atoms with Crippen molar-refractivity contribution in [3.63, 3.8) is 0 Å². The molecule has 6 heteroatoms. The van der Waals surface area contributed by atoms with Crippen LogP contribution in [0.5, 0.6) is 5.75 Å². The number of nitrogens with zero attached hydrogens (tertiary/aromatic N) is 1. The molecule has 1 fully saturated rings. The number of amides is 1. The van der Waals surface area contributed by atoms with Crippen LogP contribution in [0.4, 0.5) is 0 Å². The molecule has 25 heavy (non-hydrogen) atoms. The zero-order valence-corrected chi connectivity index (χ0v) is 15.7. The lowest BCUT2D eigenvalue weighted by Gasteiger charge is -2.38. The van der Waals surface area contributed by atoms with E-state index in [1.807, 2.05) is 24.3 Å². The number of benzene rings is 1. The molecule has 6 nitrogen and oxygen atoms in total. The SMILES string of the molecule is COc1cccc(COCC(=O)NC[C@H](C)N2C[C@@H](C)O[C@@H](C)C2)c1. The summed E-state index contributed by atoms with van der Waals surface area (Å²) in [4.78, 5) is 14.3. The Hall–Kier alpha value is -1.63. The van der Waals surface area contributed by atoms with E-state index in [4.69, 9.17) is 14.2 Å². The summed E-state index contributed by atoms with van der Waals surface area (Å²) in [6, 6.07) is 7.91. The Kier molecular flexibility index (Phi) is 7.68. The second kappa shape index (κ2) is 9.75. The smallest absolute Gasteiger partial charge is 0.246 e. The molecule has 3 atom stereocenters.